The van der Waals surface area contributed by atoms with Crippen molar-refractivity contribution in [3.05, 3.63) is 54.5 Å². The first-order valence-electron chi connectivity index (χ1n) is 7.32. The molecule has 2 rings (SSSR count). The fourth-order valence-corrected chi connectivity index (χ4v) is 2.15. The van der Waals surface area contributed by atoms with Crippen molar-refractivity contribution < 1.29 is 4.74 Å². The smallest absolute Gasteiger partial charge is 0.135 e. The SMILES string of the molecule is C=CNC(=NCCC)c1cnn(-c2ccc(OC)cc2)c1C. The van der Waals surface area contributed by atoms with Crippen molar-refractivity contribution >= 4 is 5.84 Å². The first-order valence-corrected chi connectivity index (χ1v) is 7.32. The summed E-state index contributed by atoms with van der Waals surface area (Å²) in [6.45, 7) is 8.61. The van der Waals surface area contributed by atoms with E-state index in [4.69, 9.17) is 4.74 Å². The number of ether oxygens (including phenoxy) is 1. The highest BCUT2D eigenvalue weighted by Crippen LogP contribution is 2.18. The molecule has 5 nitrogen and oxygen atoms in total. The average molecular weight is 298 g/mol. The lowest BCUT2D eigenvalue weighted by Crippen LogP contribution is -2.19. The van der Waals surface area contributed by atoms with Crippen molar-refractivity contribution in [2.75, 3.05) is 13.7 Å². The van der Waals surface area contributed by atoms with E-state index in [9.17, 15) is 0 Å². The molecule has 116 valence electrons. The molecule has 1 aromatic carbocycles. The van der Waals surface area contributed by atoms with Crippen molar-refractivity contribution in [3.63, 3.8) is 0 Å². The number of nitrogens with one attached hydrogen (secondary N) is 1. The van der Waals surface area contributed by atoms with Gasteiger partial charge >= 0.3 is 0 Å². The Morgan fingerprint density at radius 2 is 2.14 bits per heavy atom. The Kier molecular flexibility index (Phi) is 5.36. The zero-order valence-electron chi connectivity index (χ0n) is 13.3. The van der Waals surface area contributed by atoms with E-state index in [2.05, 4.69) is 28.9 Å². The van der Waals surface area contributed by atoms with Crippen molar-refractivity contribution in [2.24, 2.45) is 4.99 Å². The van der Waals surface area contributed by atoms with E-state index < -0.39 is 0 Å². The minimum atomic E-state index is 0.767. The molecule has 1 N–H and O–H groups in total. The van der Waals surface area contributed by atoms with E-state index in [0.717, 1.165) is 41.5 Å². The maximum absolute atomic E-state index is 5.19. The number of hydrogen-bond acceptors (Lipinski definition) is 3. The molecule has 2 aromatic rings. The summed E-state index contributed by atoms with van der Waals surface area (Å²) in [4.78, 5) is 4.56. The highest BCUT2D eigenvalue weighted by Gasteiger charge is 2.12. The van der Waals surface area contributed by atoms with Crippen LogP contribution >= 0.6 is 0 Å². The van der Waals surface area contributed by atoms with Gasteiger partial charge in [-0.15, -0.1) is 0 Å². The highest BCUT2D eigenvalue weighted by molar-refractivity contribution is 6.00. The zero-order valence-corrected chi connectivity index (χ0v) is 13.3. The standard InChI is InChI=1S/C17H22N4O/c1-5-11-19-17(18-6-2)16-12-20-21(13(16)3)14-7-9-15(22-4)10-8-14/h6-10,12H,2,5,11H2,1,3-4H3,(H,18,19). The summed E-state index contributed by atoms with van der Waals surface area (Å²) in [5, 5.41) is 7.57. The minimum absolute atomic E-state index is 0.767. The molecule has 0 saturated heterocycles. The summed E-state index contributed by atoms with van der Waals surface area (Å²) >= 11 is 0. The lowest BCUT2D eigenvalue weighted by Gasteiger charge is -2.08. The second-order valence-corrected chi connectivity index (χ2v) is 4.83. The van der Waals surface area contributed by atoms with Crippen LogP contribution in [0.4, 0.5) is 0 Å². The summed E-state index contributed by atoms with van der Waals surface area (Å²) in [5.41, 5.74) is 2.98. The summed E-state index contributed by atoms with van der Waals surface area (Å²) in [7, 11) is 1.66. The summed E-state index contributed by atoms with van der Waals surface area (Å²) in [6, 6.07) is 7.80. The molecular formula is C17H22N4O. The molecular weight excluding hydrogens is 276 g/mol. The molecule has 0 aliphatic heterocycles. The van der Waals surface area contributed by atoms with Crippen LogP contribution in [0.5, 0.6) is 5.75 Å². The lowest BCUT2D eigenvalue weighted by atomic mass is 10.2. The van der Waals surface area contributed by atoms with Gasteiger partial charge in [0, 0.05) is 6.54 Å². The van der Waals surface area contributed by atoms with Crippen molar-refractivity contribution in [3.8, 4) is 11.4 Å². The molecule has 0 aliphatic rings. The Morgan fingerprint density at radius 1 is 1.41 bits per heavy atom. The predicted molar refractivity (Wildman–Crippen MR) is 89.9 cm³/mol. The van der Waals surface area contributed by atoms with Crippen LogP contribution in [-0.2, 0) is 0 Å². The van der Waals surface area contributed by atoms with Crippen LogP contribution in [0.2, 0.25) is 0 Å². The second kappa shape index (κ2) is 7.45. The number of nitrogens with zero attached hydrogens (tertiary/aromatic N) is 3. The van der Waals surface area contributed by atoms with Crippen LogP contribution in [0.1, 0.15) is 24.6 Å². The Morgan fingerprint density at radius 3 is 2.73 bits per heavy atom. The van der Waals surface area contributed by atoms with Gasteiger partial charge in [-0.3, -0.25) is 4.99 Å². The van der Waals surface area contributed by atoms with Crippen LogP contribution in [0.3, 0.4) is 0 Å². The van der Waals surface area contributed by atoms with Crippen molar-refractivity contribution in [1.29, 1.82) is 0 Å². The van der Waals surface area contributed by atoms with Gasteiger partial charge in [0.2, 0.25) is 0 Å². The molecule has 0 saturated carbocycles. The van der Waals surface area contributed by atoms with Gasteiger partial charge in [-0.05, 0) is 43.8 Å². The number of rotatable bonds is 6. The van der Waals surface area contributed by atoms with Gasteiger partial charge in [-0.2, -0.15) is 5.10 Å². The first kappa shape index (κ1) is 15.8. The van der Waals surface area contributed by atoms with E-state index in [0.29, 0.717) is 0 Å². The number of aromatic nitrogens is 2. The van der Waals surface area contributed by atoms with Crippen LogP contribution in [-0.4, -0.2) is 29.3 Å². The molecule has 0 unspecified atom stereocenters. The molecule has 5 heteroatoms. The third kappa shape index (κ3) is 3.36. The van der Waals surface area contributed by atoms with Gasteiger partial charge in [0.1, 0.15) is 11.6 Å². The molecule has 0 aliphatic carbocycles. The van der Waals surface area contributed by atoms with E-state index in [1.54, 1.807) is 13.3 Å². The van der Waals surface area contributed by atoms with Crippen LogP contribution in [0.15, 0.2) is 48.2 Å². The molecule has 1 heterocycles. The molecule has 0 radical (unpaired) electrons. The van der Waals surface area contributed by atoms with Gasteiger partial charge in [0.15, 0.2) is 0 Å². The molecule has 1 aromatic heterocycles. The molecule has 0 bridgehead atoms. The second-order valence-electron chi connectivity index (χ2n) is 4.83. The lowest BCUT2D eigenvalue weighted by molar-refractivity contribution is 0.414. The van der Waals surface area contributed by atoms with Crippen molar-refractivity contribution in [1.82, 2.24) is 15.1 Å². The summed E-state index contributed by atoms with van der Waals surface area (Å²) in [5.74, 6) is 1.63. The van der Waals surface area contributed by atoms with Crippen molar-refractivity contribution in [2.45, 2.75) is 20.3 Å². The largest absolute Gasteiger partial charge is 0.497 e. The first-order chi connectivity index (χ1) is 10.7. The fourth-order valence-electron chi connectivity index (χ4n) is 2.15. The molecule has 0 fully saturated rings. The minimum Gasteiger partial charge on any atom is -0.497 e. The monoisotopic (exact) mass is 298 g/mol. The van der Waals surface area contributed by atoms with Gasteiger partial charge in [-0.25, -0.2) is 4.68 Å². The maximum atomic E-state index is 5.19. The topological polar surface area (TPSA) is 51.4 Å². The highest BCUT2D eigenvalue weighted by atomic mass is 16.5. The Hall–Kier alpha value is -2.56. The zero-order chi connectivity index (χ0) is 15.9. The van der Waals surface area contributed by atoms with Crippen LogP contribution in [0.25, 0.3) is 5.69 Å². The Balaban J connectivity index is 2.36. The normalized spacial score (nSPS) is 11.3. The van der Waals surface area contributed by atoms with Gasteiger partial charge in [0.25, 0.3) is 0 Å². The van der Waals surface area contributed by atoms with Gasteiger partial charge in [-0.1, -0.05) is 13.5 Å². The van der Waals surface area contributed by atoms with E-state index in [1.807, 2.05) is 42.1 Å². The van der Waals surface area contributed by atoms with E-state index >= 15 is 0 Å². The fraction of sp³-hybridized carbons (Fsp3) is 0.294. The molecule has 0 atom stereocenters. The Labute approximate surface area is 131 Å². The molecule has 0 amide bonds. The van der Waals surface area contributed by atoms with Gasteiger partial charge < -0.3 is 10.1 Å². The number of methoxy groups -OCH3 is 1. The number of aliphatic imine (C=N–C) groups is 1. The predicted octanol–water partition coefficient (Wildman–Crippen LogP) is 3.08. The molecule has 0 spiro atoms. The average Bonchev–Trinajstić information content (AvgIpc) is 2.93. The maximum Gasteiger partial charge on any atom is 0.135 e. The number of hydrogen-bond donors (Lipinski definition) is 1. The third-order valence-corrected chi connectivity index (χ3v) is 3.31. The number of amidine groups is 1. The summed E-state index contributed by atoms with van der Waals surface area (Å²) < 4.78 is 7.07. The van der Waals surface area contributed by atoms with E-state index in [-0.39, 0.29) is 0 Å². The van der Waals surface area contributed by atoms with Crippen LogP contribution < -0.4 is 10.1 Å². The number of benzene rings is 1. The molecule has 22 heavy (non-hydrogen) atoms. The quantitative estimate of drug-likeness (QED) is 0.658. The Bertz CT molecular complexity index is 656. The van der Waals surface area contributed by atoms with Gasteiger partial charge in [0.05, 0.1) is 30.3 Å². The van der Waals surface area contributed by atoms with E-state index in [1.165, 1.54) is 0 Å². The summed E-state index contributed by atoms with van der Waals surface area (Å²) in [6.07, 6.45) is 4.46. The third-order valence-electron chi connectivity index (χ3n) is 3.31. The van der Waals surface area contributed by atoms with Crippen LogP contribution in [0, 0.1) is 6.92 Å².